The molecule has 1 atom stereocenters. The number of amides is 2. The Morgan fingerprint density at radius 2 is 2.18 bits per heavy atom. The average molecular weight is 252 g/mol. The van der Waals surface area contributed by atoms with Gasteiger partial charge in [0.15, 0.2) is 0 Å². The van der Waals surface area contributed by atoms with Crippen LogP contribution in [0.2, 0.25) is 0 Å². The van der Waals surface area contributed by atoms with Crippen molar-refractivity contribution >= 4 is 17.4 Å². The Morgan fingerprint density at radius 3 is 2.82 bits per heavy atom. The second-order valence-corrected chi connectivity index (χ2v) is 5.51. The molecule has 0 aromatic carbocycles. The van der Waals surface area contributed by atoms with Crippen molar-refractivity contribution in [1.82, 2.24) is 10.6 Å². The average Bonchev–Trinajstić information content (AvgIpc) is 2.83. The van der Waals surface area contributed by atoms with Crippen molar-refractivity contribution in [2.75, 3.05) is 0 Å². The van der Waals surface area contributed by atoms with Crippen molar-refractivity contribution < 1.29 is 4.79 Å². The first-order valence-corrected chi connectivity index (χ1v) is 7.29. The summed E-state index contributed by atoms with van der Waals surface area (Å²) in [5.41, 5.74) is 1.17. The molecule has 1 aromatic heterocycles. The number of nitrogens with one attached hydrogen (secondary N) is 2. The molecule has 2 N–H and O–H groups in total. The van der Waals surface area contributed by atoms with Crippen LogP contribution in [0.1, 0.15) is 50.6 Å². The van der Waals surface area contributed by atoms with Crippen molar-refractivity contribution in [3.05, 3.63) is 22.4 Å². The second kappa shape index (κ2) is 6.05. The Balaban J connectivity index is 1.76. The van der Waals surface area contributed by atoms with E-state index in [-0.39, 0.29) is 12.1 Å². The van der Waals surface area contributed by atoms with Gasteiger partial charge in [0.05, 0.1) is 6.04 Å². The number of urea groups is 1. The highest BCUT2D eigenvalue weighted by Gasteiger charge is 2.16. The van der Waals surface area contributed by atoms with E-state index in [4.69, 9.17) is 0 Å². The van der Waals surface area contributed by atoms with E-state index in [1.165, 1.54) is 24.8 Å². The van der Waals surface area contributed by atoms with Crippen LogP contribution < -0.4 is 10.6 Å². The molecule has 2 amide bonds. The van der Waals surface area contributed by atoms with Gasteiger partial charge < -0.3 is 10.6 Å². The Labute approximate surface area is 107 Å². The smallest absolute Gasteiger partial charge is 0.315 e. The Bertz CT molecular complexity index is 344. The monoisotopic (exact) mass is 252 g/mol. The second-order valence-electron chi connectivity index (χ2n) is 4.73. The first-order chi connectivity index (χ1) is 8.25. The van der Waals surface area contributed by atoms with Gasteiger partial charge in [-0.15, -0.1) is 0 Å². The Kier molecular flexibility index (Phi) is 4.42. The molecule has 3 nitrogen and oxygen atoms in total. The van der Waals surface area contributed by atoms with Crippen LogP contribution in [0.5, 0.6) is 0 Å². The van der Waals surface area contributed by atoms with Crippen molar-refractivity contribution in [1.29, 1.82) is 0 Å². The molecular formula is C13H20N2OS. The lowest BCUT2D eigenvalue weighted by molar-refractivity contribution is 0.229. The lowest BCUT2D eigenvalue weighted by Crippen LogP contribution is -2.43. The molecule has 1 saturated carbocycles. The summed E-state index contributed by atoms with van der Waals surface area (Å²) in [6.07, 6.45) is 6.04. The zero-order valence-corrected chi connectivity index (χ0v) is 11.1. The molecule has 0 radical (unpaired) electrons. The SMILES string of the molecule is CC(NC(=O)NC1CCCCC1)c1ccsc1. The molecule has 4 heteroatoms. The van der Waals surface area contributed by atoms with Gasteiger partial charge in [0.25, 0.3) is 0 Å². The maximum Gasteiger partial charge on any atom is 0.315 e. The van der Waals surface area contributed by atoms with E-state index in [2.05, 4.69) is 22.1 Å². The summed E-state index contributed by atoms with van der Waals surface area (Å²) in [4.78, 5) is 11.8. The molecule has 1 aromatic rings. The highest BCUT2D eigenvalue weighted by molar-refractivity contribution is 7.07. The summed E-state index contributed by atoms with van der Waals surface area (Å²) in [5, 5.41) is 10.2. The maximum absolute atomic E-state index is 11.8. The minimum atomic E-state index is -0.0319. The van der Waals surface area contributed by atoms with Gasteiger partial charge in [-0.3, -0.25) is 0 Å². The lowest BCUT2D eigenvalue weighted by Gasteiger charge is -2.24. The van der Waals surface area contributed by atoms with Crippen LogP contribution in [0.3, 0.4) is 0 Å². The third kappa shape index (κ3) is 3.73. The normalized spacial score (nSPS) is 18.6. The summed E-state index contributed by atoms with van der Waals surface area (Å²) in [6.45, 7) is 2.02. The molecular weight excluding hydrogens is 232 g/mol. The molecule has 0 bridgehead atoms. The Morgan fingerprint density at radius 1 is 1.41 bits per heavy atom. The fraction of sp³-hybridized carbons (Fsp3) is 0.615. The van der Waals surface area contributed by atoms with E-state index >= 15 is 0 Å². The van der Waals surface area contributed by atoms with E-state index in [0.717, 1.165) is 12.8 Å². The minimum Gasteiger partial charge on any atom is -0.335 e. The fourth-order valence-electron chi connectivity index (χ4n) is 2.28. The molecule has 94 valence electrons. The van der Waals surface area contributed by atoms with Gasteiger partial charge in [0.1, 0.15) is 0 Å². The van der Waals surface area contributed by atoms with Crippen molar-refractivity contribution in [2.24, 2.45) is 0 Å². The molecule has 1 fully saturated rings. The quantitative estimate of drug-likeness (QED) is 0.850. The maximum atomic E-state index is 11.8. The van der Waals surface area contributed by atoms with E-state index in [1.807, 2.05) is 12.3 Å². The van der Waals surface area contributed by atoms with Gasteiger partial charge in [-0.05, 0) is 42.2 Å². The van der Waals surface area contributed by atoms with Gasteiger partial charge in [0.2, 0.25) is 0 Å². The fourth-order valence-corrected chi connectivity index (χ4v) is 3.03. The van der Waals surface area contributed by atoms with Crippen molar-refractivity contribution in [2.45, 2.75) is 51.1 Å². The summed E-state index contributed by atoms with van der Waals surface area (Å²) in [6, 6.07) is 2.48. The highest BCUT2D eigenvalue weighted by atomic mass is 32.1. The molecule has 17 heavy (non-hydrogen) atoms. The molecule has 0 aliphatic heterocycles. The van der Waals surface area contributed by atoms with Gasteiger partial charge in [-0.1, -0.05) is 19.3 Å². The molecule has 0 spiro atoms. The number of carbonyl (C=O) groups excluding carboxylic acids is 1. The zero-order valence-electron chi connectivity index (χ0n) is 10.2. The molecule has 2 rings (SSSR count). The van der Waals surface area contributed by atoms with E-state index in [1.54, 1.807) is 11.3 Å². The summed E-state index contributed by atoms with van der Waals surface area (Å²) >= 11 is 1.66. The van der Waals surface area contributed by atoms with Crippen LogP contribution in [0, 0.1) is 0 Å². The lowest BCUT2D eigenvalue weighted by atomic mass is 9.96. The van der Waals surface area contributed by atoms with Crippen LogP contribution in [0.15, 0.2) is 16.8 Å². The number of hydrogen-bond acceptors (Lipinski definition) is 2. The standard InChI is InChI=1S/C13H20N2OS/c1-10(11-7-8-17-9-11)14-13(16)15-12-5-3-2-4-6-12/h7-10,12H,2-6H2,1H3,(H2,14,15,16). The number of hydrogen-bond donors (Lipinski definition) is 2. The van der Waals surface area contributed by atoms with Crippen molar-refractivity contribution in [3.8, 4) is 0 Å². The van der Waals surface area contributed by atoms with Crippen LogP contribution in [-0.4, -0.2) is 12.1 Å². The van der Waals surface area contributed by atoms with E-state index < -0.39 is 0 Å². The summed E-state index contributed by atoms with van der Waals surface area (Å²) < 4.78 is 0. The molecule has 1 aliphatic rings. The van der Waals surface area contributed by atoms with Gasteiger partial charge in [0, 0.05) is 6.04 Å². The molecule has 1 heterocycles. The van der Waals surface area contributed by atoms with Crippen LogP contribution in [-0.2, 0) is 0 Å². The molecule has 1 aliphatic carbocycles. The number of carbonyl (C=O) groups is 1. The third-order valence-electron chi connectivity index (χ3n) is 3.33. The van der Waals surface area contributed by atoms with Gasteiger partial charge in [-0.2, -0.15) is 11.3 Å². The predicted octanol–water partition coefficient (Wildman–Crippen LogP) is 3.44. The van der Waals surface area contributed by atoms with Crippen molar-refractivity contribution in [3.63, 3.8) is 0 Å². The van der Waals surface area contributed by atoms with E-state index in [9.17, 15) is 4.79 Å². The number of rotatable bonds is 3. The zero-order chi connectivity index (χ0) is 12.1. The predicted molar refractivity (Wildman–Crippen MR) is 71.3 cm³/mol. The molecule has 0 saturated heterocycles. The summed E-state index contributed by atoms with van der Waals surface area (Å²) in [7, 11) is 0. The number of thiophene rings is 1. The van der Waals surface area contributed by atoms with Crippen LogP contribution in [0.4, 0.5) is 4.79 Å². The van der Waals surface area contributed by atoms with E-state index in [0.29, 0.717) is 6.04 Å². The third-order valence-corrected chi connectivity index (χ3v) is 4.03. The highest BCUT2D eigenvalue weighted by Crippen LogP contribution is 2.18. The first-order valence-electron chi connectivity index (χ1n) is 6.35. The topological polar surface area (TPSA) is 41.1 Å². The van der Waals surface area contributed by atoms with Gasteiger partial charge >= 0.3 is 6.03 Å². The largest absolute Gasteiger partial charge is 0.335 e. The first kappa shape index (κ1) is 12.4. The van der Waals surface area contributed by atoms with Crippen LogP contribution in [0.25, 0.3) is 0 Å². The molecule has 1 unspecified atom stereocenters. The minimum absolute atomic E-state index is 0.0319. The van der Waals surface area contributed by atoms with Gasteiger partial charge in [-0.25, -0.2) is 4.79 Å². The summed E-state index contributed by atoms with van der Waals surface area (Å²) in [5.74, 6) is 0. The van der Waals surface area contributed by atoms with Crippen LogP contribution >= 0.6 is 11.3 Å². The Hall–Kier alpha value is -1.03.